The number of aromatic nitrogens is 2. The molecular weight excluding hydrogens is 340 g/mol. The maximum Gasteiger partial charge on any atom is 0.237 e. The summed E-state index contributed by atoms with van der Waals surface area (Å²) in [7, 11) is 0. The molecule has 0 aliphatic carbocycles. The van der Waals surface area contributed by atoms with Gasteiger partial charge in [-0.05, 0) is 6.42 Å². The summed E-state index contributed by atoms with van der Waals surface area (Å²) < 4.78 is 7.40. The normalized spacial score (nSPS) is 31.7. The van der Waals surface area contributed by atoms with Crippen LogP contribution in [0.3, 0.4) is 0 Å². The molecule has 6 atom stereocenters. The van der Waals surface area contributed by atoms with Crippen molar-refractivity contribution in [1.82, 2.24) is 14.9 Å². The zero-order valence-electron chi connectivity index (χ0n) is 14.7. The van der Waals surface area contributed by atoms with Crippen LogP contribution in [-0.4, -0.2) is 62.8 Å². The van der Waals surface area contributed by atoms with Gasteiger partial charge >= 0.3 is 0 Å². The summed E-state index contributed by atoms with van der Waals surface area (Å²) in [6.07, 6.45) is 2.39. The Hall–Kier alpha value is -1.85. The first-order chi connectivity index (χ1) is 12.5. The Labute approximate surface area is 151 Å². The van der Waals surface area contributed by atoms with E-state index >= 15 is 0 Å². The van der Waals surface area contributed by atoms with Crippen molar-refractivity contribution in [3.63, 3.8) is 0 Å². The third kappa shape index (κ3) is 3.38. The standard InChI is InChI=1S/C16H26N6O4/c1-2-3-9(18)15(25)21-12-13(24)10(6-23)26-16(12)22-7-20-11-8(17)4-5-19-14(11)22/h5,7-10,12-13,16,23-24H,2-4,6,17-18H2,1H3,(H,21,25)/t8?,9?,10-,12+,13?,16-/m1/s1. The van der Waals surface area contributed by atoms with Gasteiger partial charge in [0.2, 0.25) is 5.91 Å². The van der Waals surface area contributed by atoms with Crippen LogP contribution in [0.4, 0.5) is 5.82 Å². The number of nitrogens with one attached hydrogen (secondary N) is 1. The van der Waals surface area contributed by atoms with Gasteiger partial charge in [0.25, 0.3) is 0 Å². The molecule has 2 aliphatic heterocycles. The van der Waals surface area contributed by atoms with Crippen LogP contribution >= 0.6 is 0 Å². The minimum Gasteiger partial charge on any atom is -0.394 e. The first-order valence-electron chi connectivity index (χ1n) is 8.83. The number of hydrogen-bond donors (Lipinski definition) is 5. The fraction of sp³-hybridized carbons (Fsp3) is 0.688. The monoisotopic (exact) mass is 366 g/mol. The number of carbonyl (C=O) groups is 1. The summed E-state index contributed by atoms with van der Waals surface area (Å²) in [6, 6.07) is -1.74. The number of nitrogens with two attached hydrogens (primary N) is 2. The van der Waals surface area contributed by atoms with Crippen LogP contribution in [0.5, 0.6) is 0 Å². The third-order valence-corrected chi connectivity index (χ3v) is 4.79. The van der Waals surface area contributed by atoms with Crippen LogP contribution in [0.2, 0.25) is 0 Å². The number of aliphatic hydroxyl groups is 2. The van der Waals surface area contributed by atoms with Gasteiger partial charge in [0.1, 0.15) is 23.9 Å². The van der Waals surface area contributed by atoms with E-state index in [9.17, 15) is 15.0 Å². The van der Waals surface area contributed by atoms with E-state index in [4.69, 9.17) is 16.2 Å². The van der Waals surface area contributed by atoms with Crippen molar-refractivity contribution in [1.29, 1.82) is 0 Å². The predicted octanol–water partition coefficient (Wildman–Crippen LogP) is -1.15. The predicted molar refractivity (Wildman–Crippen MR) is 93.7 cm³/mol. The van der Waals surface area contributed by atoms with Crippen molar-refractivity contribution < 1.29 is 19.7 Å². The molecular formula is C16H26N6O4. The fourth-order valence-corrected chi connectivity index (χ4v) is 3.32. The summed E-state index contributed by atoms with van der Waals surface area (Å²) >= 11 is 0. The van der Waals surface area contributed by atoms with Gasteiger partial charge < -0.3 is 31.7 Å². The van der Waals surface area contributed by atoms with Gasteiger partial charge in [-0.25, -0.2) is 9.98 Å². The van der Waals surface area contributed by atoms with Gasteiger partial charge in [-0.1, -0.05) is 13.3 Å². The van der Waals surface area contributed by atoms with E-state index in [2.05, 4.69) is 15.3 Å². The molecule has 2 aliphatic rings. The van der Waals surface area contributed by atoms with Crippen LogP contribution in [0, 0.1) is 0 Å². The molecule has 144 valence electrons. The molecule has 0 radical (unpaired) electrons. The molecule has 1 aromatic rings. The van der Waals surface area contributed by atoms with Gasteiger partial charge in [0.15, 0.2) is 12.0 Å². The molecule has 10 nitrogen and oxygen atoms in total. The molecule has 0 bridgehead atoms. The summed E-state index contributed by atoms with van der Waals surface area (Å²) in [5, 5.41) is 22.7. The highest BCUT2D eigenvalue weighted by atomic mass is 16.5. The second-order valence-corrected chi connectivity index (χ2v) is 6.68. The largest absolute Gasteiger partial charge is 0.394 e. The van der Waals surface area contributed by atoms with Crippen molar-refractivity contribution in [3.05, 3.63) is 12.0 Å². The number of fused-ring (bicyclic) bond motifs is 1. The number of nitrogens with zero attached hydrogens (tertiary/aromatic N) is 3. The molecule has 0 aromatic carbocycles. The summed E-state index contributed by atoms with van der Waals surface area (Å²) in [6.45, 7) is 1.55. The number of amides is 1. The van der Waals surface area contributed by atoms with E-state index < -0.39 is 30.5 Å². The van der Waals surface area contributed by atoms with E-state index in [1.807, 2.05) is 6.92 Å². The van der Waals surface area contributed by atoms with Crippen LogP contribution in [0.15, 0.2) is 11.3 Å². The Morgan fingerprint density at radius 2 is 2.35 bits per heavy atom. The lowest BCUT2D eigenvalue weighted by molar-refractivity contribution is -0.124. The number of imidazole rings is 1. The first kappa shape index (κ1) is 18.9. The zero-order valence-corrected chi connectivity index (χ0v) is 14.7. The highest BCUT2D eigenvalue weighted by molar-refractivity contribution is 5.81. The second kappa shape index (κ2) is 7.80. The number of ether oxygens (including phenoxy) is 1. The molecule has 0 saturated carbocycles. The quantitative estimate of drug-likeness (QED) is 0.425. The average molecular weight is 366 g/mol. The number of carbonyl (C=O) groups excluding carboxylic acids is 1. The SMILES string of the molecule is CCCC(N)C(=O)N[C@H]1C(O)[C@@H](CO)O[C@H]1n1cnc2c1N=CCC2N. The maximum absolute atomic E-state index is 12.3. The minimum atomic E-state index is -1.10. The van der Waals surface area contributed by atoms with Crippen molar-refractivity contribution >= 4 is 17.9 Å². The Morgan fingerprint density at radius 1 is 1.58 bits per heavy atom. The third-order valence-electron chi connectivity index (χ3n) is 4.79. The summed E-state index contributed by atoms with van der Waals surface area (Å²) in [5.74, 6) is 0.147. The molecule has 1 saturated heterocycles. The van der Waals surface area contributed by atoms with Crippen LogP contribution < -0.4 is 16.8 Å². The smallest absolute Gasteiger partial charge is 0.237 e. The zero-order chi connectivity index (χ0) is 18.8. The van der Waals surface area contributed by atoms with Gasteiger partial charge in [-0.3, -0.25) is 9.36 Å². The van der Waals surface area contributed by atoms with Crippen LogP contribution in [0.1, 0.15) is 44.1 Å². The average Bonchev–Trinajstić information content (AvgIpc) is 3.18. The molecule has 10 heteroatoms. The second-order valence-electron chi connectivity index (χ2n) is 6.68. The van der Waals surface area contributed by atoms with E-state index in [1.54, 1.807) is 10.8 Å². The van der Waals surface area contributed by atoms with Gasteiger partial charge in [-0.15, -0.1) is 0 Å². The fourth-order valence-electron chi connectivity index (χ4n) is 3.32. The lowest BCUT2D eigenvalue weighted by atomic mass is 10.1. The van der Waals surface area contributed by atoms with E-state index in [1.165, 1.54) is 6.33 Å². The van der Waals surface area contributed by atoms with Crippen molar-refractivity contribution in [3.8, 4) is 0 Å². The molecule has 26 heavy (non-hydrogen) atoms. The number of aliphatic hydroxyl groups excluding tert-OH is 2. The van der Waals surface area contributed by atoms with Crippen LogP contribution in [0.25, 0.3) is 0 Å². The highest BCUT2D eigenvalue weighted by Gasteiger charge is 2.46. The van der Waals surface area contributed by atoms with E-state index in [0.29, 0.717) is 24.4 Å². The van der Waals surface area contributed by atoms with E-state index in [0.717, 1.165) is 6.42 Å². The lowest BCUT2D eigenvalue weighted by Gasteiger charge is -2.25. The Morgan fingerprint density at radius 3 is 3.04 bits per heavy atom. The molecule has 3 rings (SSSR count). The molecule has 1 aromatic heterocycles. The molecule has 1 fully saturated rings. The molecule has 3 unspecified atom stereocenters. The highest BCUT2D eigenvalue weighted by Crippen LogP contribution is 2.36. The number of rotatable bonds is 6. The summed E-state index contributed by atoms with van der Waals surface area (Å²) in [5.41, 5.74) is 12.5. The van der Waals surface area contributed by atoms with Crippen molar-refractivity contribution in [2.75, 3.05) is 6.61 Å². The van der Waals surface area contributed by atoms with Crippen LogP contribution in [-0.2, 0) is 9.53 Å². The van der Waals surface area contributed by atoms with E-state index in [-0.39, 0.29) is 18.6 Å². The van der Waals surface area contributed by atoms with Crippen molar-refractivity contribution in [2.45, 2.75) is 62.7 Å². The topological polar surface area (TPSA) is 161 Å². The Bertz CT molecular complexity index is 678. The first-order valence-corrected chi connectivity index (χ1v) is 8.83. The molecule has 7 N–H and O–H groups in total. The number of hydrogen-bond acceptors (Lipinski definition) is 8. The maximum atomic E-state index is 12.3. The van der Waals surface area contributed by atoms with Gasteiger partial charge in [0.05, 0.1) is 25.0 Å². The molecule has 1 amide bonds. The molecule has 0 spiro atoms. The Kier molecular flexibility index (Phi) is 5.68. The lowest BCUT2D eigenvalue weighted by Crippen LogP contribution is -2.51. The Balaban J connectivity index is 1.87. The minimum absolute atomic E-state index is 0.269. The van der Waals surface area contributed by atoms with Gasteiger partial charge in [0, 0.05) is 12.6 Å². The van der Waals surface area contributed by atoms with Gasteiger partial charge in [-0.2, -0.15) is 0 Å². The van der Waals surface area contributed by atoms with Crippen molar-refractivity contribution in [2.24, 2.45) is 16.5 Å². The molecule has 3 heterocycles. The summed E-state index contributed by atoms with van der Waals surface area (Å²) in [4.78, 5) is 21.0. The number of aliphatic imine (C=N–C) groups is 1.